The van der Waals surface area contributed by atoms with Gasteiger partial charge in [-0.1, -0.05) is 32.9 Å². The molecule has 0 amide bonds. The van der Waals surface area contributed by atoms with Crippen LogP contribution in [-0.4, -0.2) is 20.2 Å². The number of methoxy groups -OCH3 is 1. The monoisotopic (exact) mass is 249 g/mol. The molecule has 0 radical (unpaired) electrons. The molecule has 1 aromatic rings. The van der Waals surface area contributed by atoms with E-state index in [4.69, 9.17) is 4.74 Å². The van der Waals surface area contributed by atoms with Crippen LogP contribution in [0.5, 0.6) is 5.75 Å². The van der Waals surface area contributed by atoms with Gasteiger partial charge in [0.25, 0.3) is 0 Å². The largest absolute Gasteiger partial charge is 0.497 e. The highest BCUT2D eigenvalue weighted by Crippen LogP contribution is 2.23. The zero-order valence-electron chi connectivity index (χ0n) is 12.4. The molecule has 2 nitrogen and oxygen atoms in total. The van der Waals surface area contributed by atoms with Crippen molar-refractivity contribution in [2.75, 3.05) is 14.2 Å². The first-order chi connectivity index (χ1) is 8.44. The summed E-state index contributed by atoms with van der Waals surface area (Å²) in [5, 5.41) is 3.42. The summed E-state index contributed by atoms with van der Waals surface area (Å²) in [5.41, 5.74) is 1.78. The minimum Gasteiger partial charge on any atom is -0.497 e. The first kappa shape index (κ1) is 15.0. The molecule has 2 heteroatoms. The molecule has 0 bridgehead atoms. The fraction of sp³-hybridized carbons (Fsp3) is 0.625. The highest BCUT2D eigenvalue weighted by molar-refractivity contribution is 5.27. The van der Waals surface area contributed by atoms with Gasteiger partial charge in [-0.3, -0.25) is 0 Å². The van der Waals surface area contributed by atoms with Crippen LogP contribution in [-0.2, 0) is 6.42 Å². The number of rotatable bonds is 6. The number of benzene rings is 1. The van der Waals surface area contributed by atoms with E-state index in [0.29, 0.717) is 11.5 Å². The topological polar surface area (TPSA) is 21.3 Å². The molecule has 0 aliphatic heterocycles. The molecule has 0 heterocycles. The van der Waals surface area contributed by atoms with E-state index in [1.807, 2.05) is 12.1 Å². The number of hydrogen-bond donors (Lipinski definition) is 1. The fourth-order valence-corrected chi connectivity index (χ4v) is 2.00. The van der Waals surface area contributed by atoms with Crippen molar-refractivity contribution < 1.29 is 4.74 Å². The minimum atomic E-state index is 0.412. The van der Waals surface area contributed by atoms with E-state index < -0.39 is 0 Å². The molecular weight excluding hydrogens is 222 g/mol. The third-order valence-corrected chi connectivity index (χ3v) is 3.29. The van der Waals surface area contributed by atoms with Gasteiger partial charge in [0, 0.05) is 6.04 Å². The van der Waals surface area contributed by atoms with Crippen molar-refractivity contribution in [1.29, 1.82) is 0 Å². The molecule has 0 saturated carbocycles. The summed E-state index contributed by atoms with van der Waals surface area (Å²) in [6.07, 6.45) is 3.54. The van der Waals surface area contributed by atoms with Crippen molar-refractivity contribution in [3.05, 3.63) is 29.8 Å². The first-order valence-electron chi connectivity index (χ1n) is 6.75. The van der Waals surface area contributed by atoms with Crippen LogP contribution in [0.15, 0.2) is 24.3 Å². The van der Waals surface area contributed by atoms with E-state index in [1.165, 1.54) is 18.4 Å². The van der Waals surface area contributed by atoms with Gasteiger partial charge in [-0.15, -0.1) is 0 Å². The van der Waals surface area contributed by atoms with Crippen LogP contribution >= 0.6 is 0 Å². The Bertz CT molecular complexity index is 337. The Hall–Kier alpha value is -1.02. The Morgan fingerprint density at radius 1 is 1.17 bits per heavy atom. The van der Waals surface area contributed by atoms with Gasteiger partial charge in [0.05, 0.1) is 7.11 Å². The second-order valence-electron chi connectivity index (χ2n) is 6.14. The Balaban J connectivity index is 2.51. The van der Waals surface area contributed by atoms with Crippen molar-refractivity contribution in [2.24, 2.45) is 5.41 Å². The standard InChI is InChI=1S/C16H27NO/c1-16(2,3)11-10-14(17-4)12-13-6-8-15(18-5)9-7-13/h6-9,14,17H,10-12H2,1-5H3. The van der Waals surface area contributed by atoms with E-state index in [2.05, 4.69) is 45.3 Å². The third-order valence-electron chi connectivity index (χ3n) is 3.29. The summed E-state index contributed by atoms with van der Waals surface area (Å²) in [6, 6.07) is 8.93. The summed E-state index contributed by atoms with van der Waals surface area (Å²) in [5.74, 6) is 0.925. The molecule has 1 aromatic carbocycles. The van der Waals surface area contributed by atoms with E-state index in [1.54, 1.807) is 7.11 Å². The maximum Gasteiger partial charge on any atom is 0.118 e. The SMILES string of the molecule is CNC(CCC(C)(C)C)Cc1ccc(OC)cc1. The van der Waals surface area contributed by atoms with E-state index >= 15 is 0 Å². The van der Waals surface area contributed by atoms with E-state index in [-0.39, 0.29) is 0 Å². The highest BCUT2D eigenvalue weighted by Gasteiger charge is 2.14. The normalized spacial score (nSPS) is 13.4. The fourth-order valence-electron chi connectivity index (χ4n) is 2.00. The molecule has 0 aliphatic carbocycles. The lowest BCUT2D eigenvalue weighted by molar-refractivity contribution is 0.334. The van der Waals surface area contributed by atoms with Crippen molar-refractivity contribution in [3.8, 4) is 5.75 Å². The summed E-state index contributed by atoms with van der Waals surface area (Å²) >= 11 is 0. The predicted molar refractivity (Wildman–Crippen MR) is 78.2 cm³/mol. The zero-order valence-corrected chi connectivity index (χ0v) is 12.4. The van der Waals surface area contributed by atoms with Crippen molar-refractivity contribution >= 4 is 0 Å². The Morgan fingerprint density at radius 2 is 1.78 bits per heavy atom. The van der Waals surface area contributed by atoms with Gasteiger partial charge in [0.15, 0.2) is 0 Å². The van der Waals surface area contributed by atoms with Gasteiger partial charge in [-0.05, 0) is 49.4 Å². The summed E-state index contributed by atoms with van der Waals surface area (Å²) < 4.78 is 5.18. The van der Waals surface area contributed by atoms with Crippen molar-refractivity contribution in [1.82, 2.24) is 5.32 Å². The summed E-state index contributed by atoms with van der Waals surface area (Å²) in [6.45, 7) is 6.90. The lowest BCUT2D eigenvalue weighted by atomic mass is 9.87. The van der Waals surface area contributed by atoms with Crippen LogP contribution in [0, 0.1) is 5.41 Å². The molecule has 1 unspecified atom stereocenters. The lowest BCUT2D eigenvalue weighted by Crippen LogP contribution is -2.28. The predicted octanol–water partition coefficient (Wildman–Crippen LogP) is 3.65. The first-order valence-corrected chi connectivity index (χ1v) is 6.75. The maximum absolute atomic E-state index is 5.18. The number of nitrogens with one attached hydrogen (secondary N) is 1. The summed E-state index contributed by atoms with van der Waals surface area (Å²) in [4.78, 5) is 0. The van der Waals surface area contributed by atoms with Gasteiger partial charge in [0.2, 0.25) is 0 Å². The minimum absolute atomic E-state index is 0.412. The van der Waals surface area contributed by atoms with E-state index in [9.17, 15) is 0 Å². The lowest BCUT2D eigenvalue weighted by Gasteiger charge is -2.23. The third kappa shape index (κ3) is 5.54. The molecule has 102 valence electrons. The molecule has 0 fully saturated rings. The maximum atomic E-state index is 5.18. The molecule has 0 aliphatic rings. The molecule has 0 saturated heterocycles. The number of likely N-dealkylation sites (N-methyl/N-ethyl adjacent to an activating group) is 1. The molecule has 0 spiro atoms. The van der Waals surface area contributed by atoms with Crippen molar-refractivity contribution in [3.63, 3.8) is 0 Å². The van der Waals surface area contributed by atoms with Gasteiger partial charge in [-0.2, -0.15) is 0 Å². The molecule has 1 N–H and O–H groups in total. The van der Waals surface area contributed by atoms with Crippen LogP contribution < -0.4 is 10.1 Å². The van der Waals surface area contributed by atoms with Crippen molar-refractivity contribution in [2.45, 2.75) is 46.1 Å². The highest BCUT2D eigenvalue weighted by atomic mass is 16.5. The Kier molecular flexibility index (Phi) is 5.67. The molecular formula is C16H27NO. The number of ether oxygens (including phenoxy) is 1. The molecule has 0 aromatic heterocycles. The van der Waals surface area contributed by atoms with Gasteiger partial charge in [-0.25, -0.2) is 0 Å². The molecule has 1 rings (SSSR count). The van der Waals surface area contributed by atoms with Crippen LogP contribution in [0.2, 0.25) is 0 Å². The van der Waals surface area contributed by atoms with Crippen LogP contribution in [0.25, 0.3) is 0 Å². The van der Waals surface area contributed by atoms with Gasteiger partial charge in [0.1, 0.15) is 5.75 Å². The molecule has 18 heavy (non-hydrogen) atoms. The second kappa shape index (κ2) is 6.79. The van der Waals surface area contributed by atoms with Crippen LogP contribution in [0.3, 0.4) is 0 Å². The average molecular weight is 249 g/mol. The summed E-state index contributed by atoms with van der Waals surface area (Å²) in [7, 11) is 3.76. The van der Waals surface area contributed by atoms with Crippen LogP contribution in [0.1, 0.15) is 39.2 Å². The Morgan fingerprint density at radius 3 is 2.22 bits per heavy atom. The average Bonchev–Trinajstić information content (AvgIpc) is 2.34. The second-order valence-corrected chi connectivity index (χ2v) is 6.14. The molecule has 1 atom stereocenters. The smallest absolute Gasteiger partial charge is 0.118 e. The Labute approximate surface area is 112 Å². The van der Waals surface area contributed by atoms with E-state index in [0.717, 1.165) is 12.2 Å². The zero-order chi connectivity index (χ0) is 13.6. The number of hydrogen-bond acceptors (Lipinski definition) is 2. The van der Waals surface area contributed by atoms with Crippen LogP contribution in [0.4, 0.5) is 0 Å². The van der Waals surface area contributed by atoms with Gasteiger partial charge >= 0.3 is 0 Å². The van der Waals surface area contributed by atoms with Gasteiger partial charge < -0.3 is 10.1 Å². The quantitative estimate of drug-likeness (QED) is 0.831.